The summed E-state index contributed by atoms with van der Waals surface area (Å²) in [5, 5.41) is 59.4. The van der Waals surface area contributed by atoms with Crippen molar-refractivity contribution < 1.29 is 77.8 Å². The number of hydrogen-bond acceptors (Lipinski definition) is 16. The fourth-order valence-electron chi connectivity index (χ4n) is 9.84. The molecule has 1 aliphatic carbocycles. The summed E-state index contributed by atoms with van der Waals surface area (Å²) in [6.45, 7) is 12.3. The Morgan fingerprint density at radius 1 is 0.812 bits per heavy atom. The van der Waals surface area contributed by atoms with Crippen LogP contribution in [0.3, 0.4) is 0 Å². The molecule has 2 saturated heterocycles. The summed E-state index contributed by atoms with van der Waals surface area (Å²) in [5.41, 5.74) is 0.920. The quantitative estimate of drug-likeness (QED) is 0.115. The lowest BCUT2D eigenvalue weighted by molar-refractivity contribution is -0.160. The third-order valence-electron chi connectivity index (χ3n) is 15.4. The number of carbonyl (C=O) groups is 9. The van der Waals surface area contributed by atoms with E-state index in [9.17, 15) is 54.0 Å². The highest BCUT2D eigenvalue weighted by molar-refractivity contribution is 5.99. The van der Waals surface area contributed by atoms with Crippen LogP contribution in [-0.4, -0.2) is 172 Å². The minimum Gasteiger partial charge on any atom is -0.494 e. The minimum atomic E-state index is -1.95. The van der Waals surface area contributed by atoms with Gasteiger partial charge in [0, 0.05) is 45.3 Å². The van der Waals surface area contributed by atoms with Gasteiger partial charge in [-0.1, -0.05) is 97.7 Å². The first-order valence-electron chi connectivity index (χ1n) is 28.0. The highest BCUT2D eigenvalue weighted by atomic mass is 16.6. The molecule has 0 radical (unpaired) electrons. The van der Waals surface area contributed by atoms with E-state index in [2.05, 4.69) is 31.9 Å². The van der Waals surface area contributed by atoms with Gasteiger partial charge in [0.2, 0.25) is 41.4 Å². The van der Waals surface area contributed by atoms with Gasteiger partial charge < -0.3 is 71.4 Å². The predicted octanol–water partition coefficient (Wildman–Crippen LogP) is 0.744. The van der Waals surface area contributed by atoms with E-state index in [0.717, 1.165) is 4.90 Å². The first kappa shape index (κ1) is 66.1. The molecule has 5 rings (SSSR count). The summed E-state index contributed by atoms with van der Waals surface area (Å²) >= 11 is 0. The Labute approximate surface area is 469 Å². The maximum Gasteiger partial charge on any atom is 0.332 e. The van der Waals surface area contributed by atoms with E-state index in [-0.39, 0.29) is 57.5 Å². The molecule has 7 amide bonds. The van der Waals surface area contributed by atoms with E-state index in [0.29, 0.717) is 29.7 Å². The van der Waals surface area contributed by atoms with Crippen LogP contribution in [0.1, 0.15) is 119 Å². The average Bonchev–Trinajstić information content (AvgIpc) is 3.42. The minimum absolute atomic E-state index is 0.0846. The fraction of sp³-hybridized carbons (Fsp3) is 0.667. The number of benzene rings is 1. The molecule has 2 fully saturated rings. The predicted molar refractivity (Wildman–Crippen MR) is 292 cm³/mol. The Balaban J connectivity index is 2.03. The monoisotopic (exact) mass is 1130 g/mol. The third kappa shape index (κ3) is 18.8. The number of nitrogens with one attached hydrogen (secondary N) is 6. The lowest BCUT2D eigenvalue weighted by Crippen LogP contribution is -2.62. The van der Waals surface area contributed by atoms with Crippen LogP contribution in [0.15, 0.2) is 53.8 Å². The van der Waals surface area contributed by atoms with E-state index >= 15 is 9.59 Å². The lowest BCUT2D eigenvalue weighted by atomic mass is 9.83. The smallest absolute Gasteiger partial charge is 0.332 e. The number of cyclic esters (lactones) is 1. The van der Waals surface area contributed by atoms with Crippen molar-refractivity contribution in [3.05, 3.63) is 59.4 Å². The molecule has 446 valence electrons. The zero-order valence-corrected chi connectivity index (χ0v) is 47.9. The molecule has 23 heteroatoms. The molecule has 15 atom stereocenters. The van der Waals surface area contributed by atoms with Crippen LogP contribution in [0.4, 0.5) is 0 Å². The molecule has 3 aliphatic heterocycles. The number of rotatable bonds is 14. The van der Waals surface area contributed by atoms with Crippen molar-refractivity contribution in [3.8, 4) is 0 Å². The fourth-order valence-corrected chi connectivity index (χ4v) is 9.84. The molecule has 4 bridgehead atoms. The van der Waals surface area contributed by atoms with Crippen LogP contribution in [0.5, 0.6) is 0 Å². The van der Waals surface area contributed by atoms with E-state index in [1.54, 1.807) is 70.2 Å². The summed E-state index contributed by atoms with van der Waals surface area (Å²) in [6, 6.07) is -1.43. The van der Waals surface area contributed by atoms with Gasteiger partial charge in [-0.15, -0.1) is 0 Å². The summed E-state index contributed by atoms with van der Waals surface area (Å²) in [5.74, 6) is -11.4. The zero-order chi connectivity index (χ0) is 59.5. The van der Waals surface area contributed by atoms with Gasteiger partial charge >= 0.3 is 11.9 Å². The van der Waals surface area contributed by atoms with Crippen molar-refractivity contribution in [2.24, 2.45) is 29.6 Å². The van der Waals surface area contributed by atoms with Crippen molar-refractivity contribution in [2.75, 3.05) is 26.8 Å². The lowest BCUT2D eigenvalue weighted by Gasteiger charge is -2.36. The highest BCUT2D eigenvalue weighted by Crippen LogP contribution is 2.32. The summed E-state index contributed by atoms with van der Waals surface area (Å²) in [4.78, 5) is 130. The Hall–Kier alpha value is -6.43. The number of nitrogens with zero attached hydrogens (tertiary/aromatic N) is 1. The molecule has 10 N–H and O–H groups in total. The highest BCUT2D eigenvalue weighted by Gasteiger charge is 2.43. The van der Waals surface area contributed by atoms with Crippen LogP contribution in [0, 0.1) is 29.6 Å². The Bertz CT molecular complexity index is 2370. The molecule has 23 nitrogen and oxygen atoms in total. The summed E-state index contributed by atoms with van der Waals surface area (Å²) < 4.78 is 17.8. The normalized spacial score (nSPS) is 28.7. The van der Waals surface area contributed by atoms with Gasteiger partial charge in [-0.25, -0.2) is 4.79 Å². The first-order chi connectivity index (χ1) is 37.8. The maximum absolute atomic E-state index is 15.4. The van der Waals surface area contributed by atoms with Crippen molar-refractivity contribution in [1.82, 2.24) is 36.8 Å². The number of fused-ring (bicyclic) bond motifs is 13. The van der Waals surface area contributed by atoms with Gasteiger partial charge in [-0.3, -0.25) is 38.4 Å². The number of amides is 7. The Morgan fingerprint density at radius 2 is 1.48 bits per heavy atom. The molecule has 0 saturated carbocycles. The van der Waals surface area contributed by atoms with Crippen LogP contribution in [-0.2, 0) is 63.8 Å². The van der Waals surface area contributed by atoms with E-state index in [4.69, 9.17) is 14.2 Å². The molecular formula is C57H87N7O16. The largest absolute Gasteiger partial charge is 0.494 e. The van der Waals surface area contributed by atoms with Crippen molar-refractivity contribution in [1.29, 1.82) is 0 Å². The van der Waals surface area contributed by atoms with Crippen LogP contribution >= 0.6 is 0 Å². The van der Waals surface area contributed by atoms with Crippen molar-refractivity contribution >= 4 is 53.3 Å². The molecule has 2 unspecified atom stereocenters. The van der Waals surface area contributed by atoms with Crippen LogP contribution in [0.25, 0.3) is 0 Å². The van der Waals surface area contributed by atoms with Crippen molar-refractivity contribution in [2.45, 2.75) is 187 Å². The topological polar surface area (TPSA) is 338 Å². The Morgan fingerprint density at radius 3 is 2.08 bits per heavy atom. The summed E-state index contributed by atoms with van der Waals surface area (Å²) in [7, 11) is 1.34. The number of allylic oxidation sites excluding steroid dienone is 3. The van der Waals surface area contributed by atoms with Crippen LogP contribution < -0.4 is 31.9 Å². The van der Waals surface area contributed by atoms with Gasteiger partial charge in [-0.05, 0) is 68.1 Å². The number of esters is 2. The third-order valence-corrected chi connectivity index (χ3v) is 15.4. The van der Waals surface area contributed by atoms with Gasteiger partial charge in [0.25, 0.3) is 0 Å². The van der Waals surface area contributed by atoms with Crippen molar-refractivity contribution in [3.63, 3.8) is 0 Å². The van der Waals surface area contributed by atoms with Crippen LogP contribution in [0.2, 0.25) is 0 Å². The number of hydrogen-bond donors (Lipinski definition) is 10. The van der Waals surface area contributed by atoms with Gasteiger partial charge in [-0.2, -0.15) is 0 Å². The van der Waals surface area contributed by atoms with Gasteiger partial charge in [0.15, 0.2) is 6.04 Å². The summed E-state index contributed by atoms with van der Waals surface area (Å²) in [6.07, 6.45) is -1.19. The zero-order valence-electron chi connectivity index (χ0n) is 47.9. The molecule has 0 spiro atoms. The molecular weight excluding hydrogens is 1040 g/mol. The molecule has 3 heterocycles. The number of aliphatic hydroxyl groups excluding tert-OH is 4. The standard InChI is InChI=1S/C57H87N7O16/c1-11-16-38(67)26-43-40(28-65)32(6)19-24-44(68)58-27-45(69)78-29-41-57(77)79-35(9)48(62-51(71)33(7)50(70)30(3)4)55(75)60-46(31(5)12-2)53(73)63-49(37-20-22-39(80-43)23-21-37)56(76)64(10)42(25-36-17-14-13-15-18-36)52(72)61-47(34(8)66)54(74)59-41/h13-15,17-18,20,22,30-35,38,40-43,46-50,65-67,70H,11-12,16,19,21,23-29H2,1-10H3,(H,58,68)(H,59,74)(H,60,75)(H,61,72)(H,62,71)(H,63,73)/t31-,32?,33+,34+,35+,38?,40-,41-,42-,43+,46+,47+,48-,49-,50+/m0/s1. The second kappa shape index (κ2) is 31.5. The molecule has 4 aliphatic rings. The van der Waals surface area contributed by atoms with Gasteiger partial charge in [0.05, 0.1) is 30.0 Å². The maximum atomic E-state index is 15.4. The SMILES string of the molecule is CCCC(O)C[C@H]1OC2=CC=C(CC2)[C@@H]2NC(=O)[C@@H]([C@@H](C)CC)NC(=O)[C@@H](NC(=O)[C@H](C)[C@H](O)C(C)C)[C@@H](C)OC(=O)[C@H](COC(=O)CNC(=O)CCC(C)[C@@H]1CO)NC(=O)[C@@H]([C@@H](C)O)NC(=O)[C@H](Cc1ccccc1)N(C)C2=O. The number of likely N-dealkylation sites (N-methyl/N-ethyl adjacent to an activating group) is 1. The van der Waals surface area contributed by atoms with Gasteiger partial charge in [0.1, 0.15) is 55.6 Å². The number of aliphatic hydroxyl groups is 4. The molecule has 1 aromatic rings. The number of carbonyl (C=O) groups excluding carboxylic acids is 9. The van der Waals surface area contributed by atoms with E-state index in [1.807, 2.05) is 13.8 Å². The molecule has 80 heavy (non-hydrogen) atoms. The first-order valence-corrected chi connectivity index (χ1v) is 28.0. The van der Waals surface area contributed by atoms with E-state index < -0.39 is 157 Å². The Kier molecular flexibility index (Phi) is 26.0. The second-order valence-electron chi connectivity index (χ2n) is 21.9. The average molecular weight is 1130 g/mol. The second-order valence-corrected chi connectivity index (χ2v) is 21.9. The molecule has 0 aromatic heterocycles. The number of ether oxygens (including phenoxy) is 3. The molecule has 1 aromatic carbocycles. The van der Waals surface area contributed by atoms with E-state index in [1.165, 1.54) is 27.8 Å².